The Labute approximate surface area is 106 Å². The number of hydrogen-bond donors (Lipinski definition) is 2. The van der Waals surface area contributed by atoms with Gasteiger partial charge in [-0.15, -0.1) is 0 Å². The average Bonchev–Trinajstić information content (AvgIpc) is 2.28. The van der Waals surface area contributed by atoms with Crippen LogP contribution in [0.4, 0.5) is 5.69 Å². The van der Waals surface area contributed by atoms with E-state index < -0.39 is 0 Å². The van der Waals surface area contributed by atoms with Crippen LogP contribution in [0.3, 0.4) is 0 Å². The maximum atomic E-state index is 11.7. The van der Waals surface area contributed by atoms with Crippen LogP contribution in [-0.4, -0.2) is 25.7 Å². The predicted octanol–water partition coefficient (Wildman–Crippen LogP) is 2.08. The minimum atomic E-state index is -0.188. The molecule has 0 aliphatic heterocycles. The second kappa shape index (κ2) is 7.14. The number of nitrogens with two attached hydrogens (primary N) is 1. The average molecular weight is 257 g/mol. The van der Waals surface area contributed by atoms with Crippen molar-refractivity contribution in [3.8, 4) is 0 Å². The molecule has 0 bridgehead atoms. The van der Waals surface area contributed by atoms with Gasteiger partial charge in [0.2, 0.25) is 0 Å². The zero-order valence-electron chi connectivity index (χ0n) is 9.83. The summed E-state index contributed by atoms with van der Waals surface area (Å²) in [6.07, 6.45) is 0.784. The normalized spacial score (nSPS) is 10.2. The predicted molar refractivity (Wildman–Crippen MR) is 69.3 cm³/mol. The molecule has 94 valence electrons. The van der Waals surface area contributed by atoms with E-state index in [9.17, 15) is 4.79 Å². The smallest absolute Gasteiger partial charge is 0.252 e. The first kappa shape index (κ1) is 13.8. The van der Waals surface area contributed by atoms with Crippen molar-refractivity contribution in [3.05, 3.63) is 28.8 Å². The molecule has 17 heavy (non-hydrogen) atoms. The second-order valence-corrected chi connectivity index (χ2v) is 3.95. The zero-order valence-corrected chi connectivity index (χ0v) is 10.6. The van der Waals surface area contributed by atoms with E-state index in [0.717, 1.165) is 6.42 Å². The first-order chi connectivity index (χ1) is 8.15. The van der Waals surface area contributed by atoms with E-state index in [0.29, 0.717) is 36.0 Å². The SMILES string of the molecule is CCOCCCNC(=O)c1ccc(N)cc1Cl. The van der Waals surface area contributed by atoms with Gasteiger partial charge in [-0.25, -0.2) is 0 Å². The lowest BCUT2D eigenvalue weighted by Crippen LogP contribution is -2.25. The Bertz CT molecular complexity index is 383. The molecule has 4 nitrogen and oxygen atoms in total. The maximum Gasteiger partial charge on any atom is 0.252 e. The second-order valence-electron chi connectivity index (χ2n) is 3.55. The van der Waals surface area contributed by atoms with Gasteiger partial charge in [-0.3, -0.25) is 4.79 Å². The highest BCUT2D eigenvalue weighted by Gasteiger charge is 2.09. The van der Waals surface area contributed by atoms with E-state index in [-0.39, 0.29) is 5.91 Å². The summed E-state index contributed by atoms with van der Waals surface area (Å²) < 4.78 is 5.17. The quantitative estimate of drug-likeness (QED) is 0.605. The molecule has 3 N–H and O–H groups in total. The fourth-order valence-electron chi connectivity index (χ4n) is 1.33. The Morgan fingerprint density at radius 2 is 2.29 bits per heavy atom. The number of rotatable bonds is 6. The van der Waals surface area contributed by atoms with Gasteiger partial charge >= 0.3 is 0 Å². The molecule has 5 heteroatoms. The van der Waals surface area contributed by atoms with Gasteiger partial charge in [-0.1, -0.05) is 11.6 Å². The number of carbonyl (C=O) groups excluding carboxylic acids is 1. The van der Waals surface area contributed by atoms with E-state index in [1.807, 2.05) is 6.92 Å². The molecule has 0 fully saturated rings. The van der Waals surface area contributed by atoms with Crippen molar-refractivity contribution in [2.45, 2.75) is 13.3 Å². The standard InChI is InChI=1S/C12H17ClN2O2/c1-2-17-7-3-6-15-12(16)10-5-4-9(14)8-11(10)13/h4-5,8H,2-3,6-7,14H2,1H3,(H,15,16). The molecule has 0 aromatic heterocycles. The van der Waals surface area contributed by atoms with Crippen LogP contribution < -0.4 is 11.1 Å². The van der Waals surface area contributed by atoms with Crippen LogP contribution in [0, 0.1) is 0 Å². The molecule has 0 radical (unpaired) electrons. The van der Waals surface area contributed by atoms with Crippen molar-refractivity contribution in [1.29, 1.82) is 0 Å². The molecule has 1 aromatic carbocycles. The van der Waals surface area contributed by atoms with Gasteiger partial charge in [0.15, 0.2) is 0 Å². The van der Waals surface area contributed by atoms with Crippen molar-refractivity contribution in [1.82, 2.24) is 5.32 Å². The molecule has 0 saturated carbocycles. The molecule has 0 unspecified atom stereocenters. The third-order valence-corrected chi connectivity index (χ3v) is 2.51. The van der Waals surface area contributed by atoms with Crippen molar-refractivity contribution < 1.29 is 9.53 Å². The summed E-state index contributed by atoms with van der Waals surface area (Å²) in [7, 11) is 0. The van der Waals surface area contributed by atoms with Gasteiger partial charge in [0, 0.05) is 25.4 Å². The fraction of sp³-hybridized carbons (Fsp3) is 0.417. The molecule has 0 spiro atoms. The Morgan fingerprint density at radius 3 is 2.94 bits per heavy atom. The molecular formula is C12H17ClN2O2. The Morgan fingerprint density at radius 1 is 1.53 bits per heavy atom. The monoisotopic (exact) mass is 256 g/mol. The number of halogens is 1. The largest absolute Gasteiger partial charge is 0.399 e. The minimum Gasteiger partial charge on any atom is -0.399 e. The molecule has 0 heterocycles. The number of anilines is 1. The number of nitrogens with one attached hydrogen (secondary N) is 1. The number of amides is 1. The molecule has 0 aliphatic carbocycles. The van der Waals surface area contributed by atoms with Crippen LogP contribution in [0.5, 0.6) is 0 Å². The summed E-state index contributed by atoms with van der Waals surface area (Å²) in [6, 6.07) is 4.84. The van der Waals surface area contributed by atoms with Crippen LogP contribution >= 0.6 is 11.6 Å². The lowest BCUT2D eigenvalue weighted by molar-refractivity contribution is 0.0944. The highest BCUT2D eigenvalue weighted by atomic mass is 35.5. The number of nitrogen functional groups attached to an aromatic ring is 1. The lowest BCUT2D eigenvalue weighted by atomic mass is 10.2. The summed E-state index contributed by atoms with van der Waals surface area (Å²) in [5.74, 6) is -0.188. The van der Waals surface area contributed by atoms with Crippen LogP contribution in [0.2, 0.25) is 5.02 Å². The van der Waals surface area contributed by atoms with Crippen molar-refractivity contribution in [2.75, 3.05) is 25.5 Å². The van der Waals surface area contributed by atoms with Gasteiger partial charge in [-0.05, 0) is 31.5 Å². The summed E-state index contributed by atoms with van der Waals surface area (Å²) in [4.78, 5) is 11.7. The van der Waals surface area contributed by atoms with Crippen LogP contribution in [-0.2, 0) is 4.74 Å². The van der Waals surface area contributed by atoms with Crippen LogP contribution in [0.15, 0.2) is 18.2 Å². The fourth-order valence-corrected chi connectivity index (χ4v) is 1.61. The first-order valence-corrected chi connectivity index (χ1v) is 5.94. The van der Waals surface area contributed by atoms with E-state index in [1.54, 1.807) is 18.2 Å². The topological polar surface area (TPSA) is 64.3 Å². The molecular weight excluding hydrogens is 240 g/mol. The van der Waals surface area contributed by atoms with Crippen molar-refractivity contribution in [3.63, 3.8) is 0 Å². The van der Waals surface area contributed by atoms with Crippen LogP contribution in [0.25, 0.3) is 0 Å². The molecule has 0 aliphatic rings. The first-order valence-electron chi connectivity index (χ1n) is 5.56. The van der Waals surface area contributed by atoms with Gasteiger partial charge < -0.3 is 15.8 Å². The van der Waals surface area contributed by atoms with E-state index in [2.05, 4.69) is 5.32 Å². The number of carbonyl (C=O) groups is 1. The lowest BCUT2D eigenvalue weighted by Gasteiger charge is -2.07. The minimum absolute atomic E-state index is 0.188. The maximum absolute atomic E-state index is 11.7. The third kappa shape index (κ3) is 4.63. The van der Waals surface area contributed by atoms with Crippen LogP contribution in [0.1, 0.15) is 23.7 Å². The van der Waals surface area contributed by atoms with Crippen molar-refractivity contribution >= 4 is 23.2 Å². The molecule has 1 amide bonds. The summed E-state index contributed by atoms with van der Waals surface area (Å²) >= 11 is 5.92. The molecule has 1 rings (SSSR count). The third-order valence-electron chi connectivity index (χ3n) is 2.19. The number of ether oxygens (including phenoxy) is 1. The van der Waals surface area contributed by atoms with Gasteiger partial charge in [-0.2, -0.15) is 0 Å². The van der Waals surface area contributed by atoms with E-state index >= 15 is 0 Å². The van der Waals surface area contributed by atoms with Gasteiger partial charge in [0.25, 0.3) is 5.91 Å². The summed E-state index contributed by atoms with van der Waals surface area (Å²) in [6.45, 7) is 3.84. The number of hydrogen-bond acceptors (Lipinski definition) is 3. The Kier molecular flexibility index (Phi) is 5.80. The molecule has 0 saturated heterocycles. The van der Waals surface area contributed by atoms with Gasteiger partial charge in [0.1, 0.15) is 0 Å². The Hall–Kier alpha value is -1.26. The molecule has 1 aromatic rings. The highest BCUT2D eigenvalue weighted by molar-refractivity contribution is 6.34. The van der Waals surface area contributed by atoms with E-state index in [1.165, 1.54) is 0 Å². The summed E-state index contributed by atoms with van der Waals surface area (Å²) in [5.41, 5.74) is 6.54. The Balaban J connectivity index is 2.42. The zero-order chi connectivity index (χ0) is 12.7. The van der Waals surface area contributed by atoms with Crippen molar-refractivity contribution in [2.24, 2.45) is 0 Å². The van der Waals surface area contributed by atoms with E-state index in [4.69, 9.17) is 22.1 Å². The highest BCUT2D eigenvalue weighted by Crippen LogP contribution is 2.18. The number of benzene rings is 1. The summed E-state index contributed by atoms with van der Waals surface area (Å²) in [5, 5.41) is 3.14. The molecule has 0 atom stereocenters. The van der Waals surface area contributed by atoms with Gasteiger partial charge in [0.05, 0.1) is 10.6 Å².